The fourth-order valence-corrected chi connectivity index (χ4v) is 1.44. The molecule has 1 heterocycles. The van der Waals surface area contributed by atoms with E-state index in [1.165, 1.54) is 0 Å². The molecule has 3 nitrogen and oxygen atoms in total. The molecule has 0 amide bonds. The molecule has 1 aliphatic heterocycles. The van der Waals surface area contributed by atoms with Crippen LogP contribution in [0.1, 0.15) is 16.7 Å². The van der Waals surface area contributed by atoms with Gasteiger partial charge in [-0.15, -0.1) is 0 Å². The van der Waals surface area contributed by atoms with Crippen LogP contribution in [0.4, 0.5) is 8.78 Å². The summed E-state index contributed by atoms with van der Waals surface area (Å²) in [6, 6.07) is 5.58. The zero-order valence-corrected chi connectivity index (χ0v) is 8.04. The zero-order valence-electron chi connectivity index (χ0n) is 8.04. The standard InChI is InChI=1S/C10H9F2NO2/c1-6-2-3-8-7(4-6)5-14-9(8)13-15-10(11)12/h2-4,10H,5H2,1H3/b13-9-. The van der Waals surface area contributed by atoms with Gasteiger partial charge >= 0.3 is 6.61 Å². The van der Waals surface area contributed by atoms with E-state index >= 15 is 0 Å². The molecule has 1 aromatic rings. The van der Waals surface area contributed by atoms with Crippen LogP contribution in [0, 0.1) is 6.92 Å². The quantitative estimate of drug-likeness (QED) is 0.706. The van der Waals surface area contributed by atoms with Crippen LogP contribution in [0.5, 0.6) is 0 Å². The molecule has 0 atom stereocenters. The lowest BCUT2D eigenvalue weighted by Crippen LogP contribution is -2.01. The van der Waals surface area contributed by atoms with Crippen molar-refractivity contribution in [2.75, 3.05) is 0 Å². The molecule has 2 rings (SSSR count). The lowest BCUT2D eigenvalue weighted by molar-refractivity contribution is -0.129. The maximum Gasteiger partial charge on any atom is 0.408 e. The molecule has 0 spiro atoms. The highest BCUT2D eigenvalue weighted by molar-refractivity contribution is 5.97. The Morgan fingerprint density at radius 1 is 1.47 bits per heavy atom. The van der Waals surface area contributed by atoms with Crippen LogP contribution in [0.25, 0.3) is 0 Å². The average molecular weight is 213 g/mol. The van der Waals surface area contributed by atoms with Gasteiger partial charge in [0.25, 0.3) is 5.90 Å². The van der Waals surface area contributed by atoms with E-state index in [9.17, 15) is 8.78 Å². The third kappa shape index (κ3) is 2.06. The Hall–Kier alpha value is -1.65. The number of aryl methyl sites for hydroxylation is 1. The second-order valence-corrected chi connectivity index (χ2v) is 3.21. The number of hydrogen-bond donors (Lipinski definition) is 0. The van der Waals surface area contributed by atoms with Crippen molar-refractivity contribution >= 4 is 5.90 Å². The minimum absolute atomic E-state index is 0.116. The Morgan fingerprint density at radius 3 is 3.00 bits per heavy atom. The summed E-state index contributed by atoms with van der Waals surface area (Å²) in [5.41, 5.74) is 2.74. The van der Waals surface area contributed by atoms with Gasteiger partial charge in [0.15, 0.2) is 0 Å². The fourth-order valence-electron chi connectivity index (χ4n) is 1.44. The van der Waals surface area contributed by atoms with Crippen LogP contribution in [-0.2, 0) is 16.2 Å². The maximum absolute atomic E-state index is 11.7. The van der Waals surface area contributed by atoms with E-state index in [0.717, 1.165) is 11.1 Å². The van der Waals surface area contributed by atoms with E-state index in [1.807, 2.05) is 19.1 Å². The maximum atomic E-state index is 11.7. The normalized spacial score (nSPS) is 16.7. The van der Waals surface area contributed by atoms with Crippen LogP contribution < -0.4 is 0 Å². The van der Waals surface area contributed by atoms with Gasteiger partial charge in [-0.3, -0.25) is 0 Å². The largest absolute Gasteiger partial charge is 0.470 e. The highest BCUT2D eigenvalue weighted by atomic mass is 19.3. The molecule has 0 saturated carbocycles. The van der Waals surface area contributed by atoms with Gasteiger partial charge in [0.1, 0.15) is 6.61 Å². The zero-order chi connectivity index (χ0) is 10.8. The van der Waals surface area contributed by atoms with Crippen molar-refractivity contribution in [3.05, 3.63) is 34.9 Å². The van der Waals surface area contributed by atoms with Gasteiger partial charge < -0.3 is 9.57 Å². The van der Waals surface area contributed by atoms with Gasteiger partial charge in [-0.25, -0.2) is 0 Å². The van der Waals surface area contributed by atoms with E-state index < -0.39 is 6.61 Å². The van der Waals surface area contributed by atoms with Gasteiger partial charge in [-0.1, -0.05) is 17.7 Å². The van der Waals surface area contributed by atoms with Crippen molar-refractivity contribution < 1.29 is 18.4 Å². The number of halogens is 2. The number of rotatable bonds is 2. The SMILES string of the molecule is Cc1ccc2c(c1)CO/C2=N\OC(F)F. The highest BCUT2D eigenvalue weighted by Crippen LogP contribution is 2.21. The summed E-state index contributed by atoms with van der Waals surface area (Å²) in [7, 11) is 0. The summed E-state index contributed by atoms with van der Waals surface area (Å²) in [5.74, 6) is 0.116. The molecule has 0 saturated heterocycles. The molecular formula is C10H9F2NO2. The third-order valence-electron chi connectivity index (χ3n) is 2.07. The Labute approximate surface area is 85.3 Å². The monoisotopic (exact) mass is 213 g/mol. The van der Waals surface area contributed by atoms with Crippen LogP contribution >= 0.6 is 0 Å². The second-order valence-electron chi connectivity index (χ2n) is 3.21. The van der Waals surface area contributed by atoms with E-state index in [4.69, 9.17) is 4.74 Å². The summed E-state index contributed by atoms with van der Waals surface area (Å²) in [5, 5.41) is 3.24. The van der Waals surface area contributed by atoms with Gasteiger partial charge in [0.2, 0.25) is 0 Å². The van der Waals surface area contributed by atoms with E-state index in [2.05, 4.69) is 9.99 Å². The number of oxime groups is 1. The van der Waals surface area contributed by atoms with E-state index in [1.54, 1.807) is 6.07 Å². The van der Waals surface area contributed by atoms with Crippen molar-refractivity contribution in [1.29, 1.82) is 0 Å². The third-order valence-corrected chi connectivity index (χ3v) is 2.07. The number of alkyl halides is 2. The van der Waals surface area contributed by atoms with Crippen molar-refractivity contribution in [2.45, 2.75) is 20.1 Å². The summed E-state index contributed by atoms with van der Waals surface area (Å²) >= 11 is 0. The average Bonchev–Trinajstić information content (AvgIpc) is 2.57. The predicted molar refractivity (Wildman–Crippen MR) is 49.6 cm³/mol. The fraction of sp³-hybridized carbons (Fsp3) is 0.300. The number of benzene rings is 1. The van der Waals surface area contributed by atoms with Gasteiger partial charge in [-0.05, 0) is 18.1 Å². The molecule has 0 unspecified atom stereocenters. The van der Waals surface area contributed by atoms with Gasteiger partial charge in [-0.2, -0.15) is 8.78 Å². The predicted octanol–water partition coefficient (Wildman–Crippen LogP) is 2.43. The molecular weight excluding hydrogens is 204 g/mol. The Bertz CT molecular complexity index is 404. The van der Waals surface area contributed by atoms with Crippen molar-refractivity contribution in [2.24, 2.45) is 5.16 Å². The Kier molecular flexibility index (Phi) is 2.53. The molecule has 1 aromatic carbocycles. The minimum Gasteiger partial charge on any atom is -0.470 e. The van der Waals surface area contributed by atoms with Crippen molar-refractivity contribution in [3.63, 3.8) is 0 Å². The van der Waals surface area contributed by atoms with Gasteiger partial charge in [0, 0.05) is 11.1 Å². The van der Waals surface area contributed by atoms with Crippen LogP contribution in [0.15, 0.2) is 23.4 Å². The molecule has 0 bridgehead atoms. The highest BCUT2D eigenvalue weighted by Gasteiger charge is 2.20. The molecule has 15 heavy (non-hydrogen) atoms. The van der Waals surface area contributed by atoms with Crippen LogP contribution in [0.3, 0.4) is 0 Å². The molecule has 5 heteroatoms. The first-order valence-electron chi connectivity index (χ1n) is 4.41. The topological polar surface area (TPSA) is 30.8 Å². The molecule has 0 N–H and O–H groups in total. The van der Waals surface area contributed by atoms with E-state index in [-0.39, 0.29) is 5.90 Å². The first-order valence-corrected chi connectivity index (χ1v) is 4.41. The molecule has 1 aliphatic rings. The molecule has 0 radical (unpaired) electrons. The van der Waals surface area contributed by atoms with Crippen LogP contribution in [0.2, 0.25) is 0 Å². The van der Waals surface area contributed by atoms with Crippen molar-refractivity contribution in [1.82, 2.24) is 0 Å². The lowest BCUT2D eigenvalue weighted by Gasteiger charge is -1.99. The number of ether oxygens (including phenoxy) is 1. The van der Waals surface area contributed by atoms with Gasteiger partial charge in [0.05, 0.1) is 0 Å². The molecule has 0 aliphatic carbocycles. The Balaban J connectivity index is 2.25. The molecule has 0 aromatic heterocycles. The first-order chi connectivity index (χ1) is 7.16. The smallest absolute Gasteiger partial charge is 0.408 e. The summed E-state index contributed by atoms with van der Waals surface area (Å²) in [6.45, 7) is -0.622. The summed E-state index contributed by atoms with van der Waals surface area (Å²) in [6.07, 6.45) is 0. The molecule has 0 fully saturated rings. The molecule has 80 valence electrons. The Morgan fingerprint density at radius 2 is 2.27 bits per heavy atom. The number of hydrogen-bond acceptors (Lipinski definition) is 3. The summed E-state index contributed by atoms with van der Waals surface area (Å²) < 4.78 is 28.6. The van der Waals surface area contributed by atoms with Crippen LogP contribution in [-0.4, -0.2) is 12.5 Å². The second kappa shape index (κ2) is 3.84. The lowest BCUT2D eigenvalue weighted by atomic mass is 10.1. The van der Waals surface area contributed by atoms with Crippen molar-refractivity contribution in [3.8, 4) is 0 Å². The summed E-state index contributed by atoms with van der Waals surface area (Å²) in [4.78, 5) is 3.84. The number of fused-ring (bicyclic) bond motifs is 1. The number of nitrogens with zero attached hydrogens (tertiary/aromatic N) is 1. The van der Waals surface area contributed by atoms with E-state index in [0.29, 0.717) is 12.2 Å². The minimum atomic E-state index is -2.92. The first kappa shape index (κ1) is 9.89.